The van der Waals surface area contributed by atoms with Crippen molar-refractivity contribution in [2.45, 2.75) is 90.9 Å². The molecule has 6 nitrogen and oxygen atoms in total. The Hall–Kier alpha value is -1.92. The van der Waals surface area contributed by atoms with Crippen LogP contribution in [0.3, 0.4) is 0 Å². The zero-order valence-corrected chi connectivity index (χ0v) is 25.6. The Morgan fingerprint density at radius 3 is 1.13 bits per heavy atom. The molecular formula is C32H58N4O2. The molecule has 0 aliphatic heterocycles. The Labute approximate surface area is 234 Å². The third-order valence-electron chi connectivity index (χ3n) is 7.49. The van der Waals surface area contributed by atoms with E-state index in [1.807, 2.05) is 14.1 Å². The van der Waals surface area contributed by atoms with Crippen molar-refractivity contribution in [3.63, 3.8) is 0 Å². The predicted octanol–water partition coefficient (Wildman–Crippen LogP) is 6.42. The highest BCUT2D eigenvalue weighted by atomic mass is 16.2. The normalized spacial score (nSPS) is 11.4. The number of likely N-dealkylation sites (N-methyl/N-ethyl adjacent to an activating group) is 4. The Balaban J connectivity index is 2.35. The van der Waals surface area contributed by atoms with Gasteiger partial charge in [-0.3, -0.25) is 9.59 Å². The molecule has 1 rings (SSSR count). The summed E-state index contributed by atoms with van der Waals surface area (Å²) >= 11 is 0. The first-order valence-electron chi connectivity index (χ1n) is 15.3. The number of benzene rings is 1. The first-order valence-corrected chi connectivity index (χ1v) is 15.3. The second kappa shape index (κ2) is 21.0. The summed E-state index contributed by atoms with van der Waals surface area (Å²) in [4.78, 5) is 33.9. The second-order valence-corrected chi connectivity index (χ2v) is 11.2. The monoisotopic (exact) mass is 530 g/mol. The van der Waals surface area contributed by atoms with Crippen LogP contribution in [0.2, 0.25) is 0 Å². The zero-order chi connectivity index (χ0) is 28.2. The van der Waals surface area contributed by atoms with Crippen LogP contribution in [0.4, 0.5) is 0 Å². The van der Waals surface area contributed by atoms with Gasteiger partial charge in [-0.2, -0.15) is 0 Å². The van der Waals surface area contributed by atoms with Gasteiger partial charge in [0, 0.05) is 51.4 Å². The van der Waals surface area contributed by atoms with Crippen LogP contribution in [0.15, 0.2) is 24.3 Å². The number of nitrogens with zero attached hydrogens (tertiary/aromatic N) is 4. The minimum Gasteiger partial charge on any atom is -0.340 e. The summed E-state index contributed by atoms with van der Waals surface area (Å²) in [6.07, 6.45) is 15.6. The summed E-state index contributed by atoms with van der Waals surface area (Å²) in [5, 5.41) is 0. The molecule has 6 heteroatoms. The van der Waals surface area contributed by atoms with Crippen molar-refractivity contribution >= 4 is 11.8 Å². The third kappa shape index (κ3) is 14.9. The molecule has 0 fully saturated rings. The molecule has 0 unspecified atom stereocenters. The SMILES string of the molecule is CCCCCCCCN(C)CCN(C)C(=O)c1ccc(C(=O)N(C)CCN(C)CCCCCCCC)cc1. The van der Waals surface area contributed by atoms with E-state index in [9.17, 15) is 9.59 Å². The molecule has 0 saturated heterocycles. The summed E-state index contributed by atoms with van der Waals surface area (Å²) in [6, 6.07) is 7.13. The van der Waals surface area contributed by atoms with Crippen LogP contribution in [-0.2, 0) is 0 Å². The number of carbonyl (C=O) groups is 2. The molecule has 0 saturated carbocycles. The number of hydrogen-bond acceptors (Lipinski definition) is 4. The summed E-state index contributed by atoms with van der Waals surface area (Å²) in [5.41, 5.74) is 1.26. The molecule has 0 bridgehead atoms. The van der Waals surface area contributed by atoms with Crippen molar-refractivity contribution in [2.24, 2.45) is 0 Å². The number of amides is 2. The van der Waals surface area contributed by atoms with Crippen LogP contribution in [0.1, 0.15) is 112 Å². The van der Waals surface area contributed by atoms with Crippen LogP contribution in [0.25, 0.3) is 0 Å². The Morgan fingerprint density at radius 2 is 0.789 bits per heavy atom. The van der Waals surface area contributed by atoms with E-state index in [1.165, 1.54) is 77.0 Å². The van der Waals surface area contributed by atoms with Crippen LogP contribution >= 0.6 is 0 Å². The van der Waals surface area contributed by atoms with Gasteiger partial charge in [0.1, 0.15) is 0 Å². The van der Waals surface area contributed by atoms with E-state index in [-0.39, 0.29) is 11.8 Å². The lowest BCUT2D eigenvalue weighted by molar-refractivity contribution is 0.0770. The van der Waals surface area contributed by atoms with Crippen LogP contribution in [0.5, 0.6) is 0 Å². The van der Waals surface area contributed by atoms with Crippen molar-refractivity contribution in [3.05, 3.63) is 35.4 Å². The highest BCUT2D eigenvalue weighted by molar-refractivity contribution is 5.97. The topological polar surface area (TPSA) is 47.1 Å². The van der Waals surface area contributed by atoms with E-state index in [1.54, 1.807) is 34.1 Å². The number of hydrogen-bond donors (Lipinski definition) is 0. The number of carbonyl (C=O) groups excluding carboxylic acids is 2. The van der Waals surface area contributed by atoms with Gasteiger partial charge in [-0.05, 0) is 64.3 Å². The van der Waals surface area contributed by atoms with E-state index >= 15 is 0 Å². The Bertz CT molecular complexity index is 689. The van der Waals surface area contributed by atoms with Crippen LogP contribution in [-0.4, -0.2) is 98.9 Å². The van der Waals surface area contributed by atoms with Gasteiger partial charge < -0.3 is 19.6 Å². The minimum absolute atomic E-state index is 0.00152. The summed E-state index contributed by atoms with van der Waals surface area (Å²) in [5.74, 6) is 0.00303. The molecule has 0 atom stereocenters. The molecule has 0 radical (unpaired) electrons. The minimum atomic E-state index is 0.00152. The largest absolute Gasteiger partial charge is 0.340 e. The third-order valence-corrected chi connectivity index (χ3v) is 7.49. The van der Waals surface area contributed by atoms with Gasteiger partial charge in [-0.25, -0.2) is 0 Å². The van der Waals surface area contributed by atoms with Crippen LogP contribution < -0.4 is 0 Å². The standard InChI is InChI=1S/C32H58N4O2/c1-7-9-11-13-15-17-23-33(3)25-27-35(5)31(37)29-19-21-30(22-20-29)32(38)36(6)28-26-34(4)24-18-16-14-12-10-8-2/h19-22H,7-18,23-28H2,1-6H3. The molecular weight excluding hydrogens is 472 g/mol. The fraction of sp³-hybridized carbons (Fsp3) is 0.750. The maximum absolute atomic E-state index is 12.9. The highest BCUT2D eigenvalue weighted by Crippen LogP contribution is 2.11. The molecule has 0 aliphatic carbocycles. The summed E-state index contributed by atoms with van der Waals surface area (Å²) < 4.78 is 0. The molecule has 0 aromatic heterocycles. The fourth-order valence-electron chi connectivity index (χ4n) is 4.59. The van der Waals surface area contributed by atoms with Crippen molar-refractivity contribution in [3.8, 4) is 0 Å². The van der Waals surface area contributed by atoms with Gasteiger partial charge in [0.25, 0.3) is 11.8 Å². The molecule has 0 aliphatic rings. The van der Waals surface area contributed by atoms with Gasteiger partial charge in [-0.1, -0.05) is 78.1 Å². The predicted molar refractivity (Wildman–Crippen MR) is 162 cm³/mol. The molecule has 0 heterocycles. The van der Waals surface area contributed by atoms with Crippen molar-refractivity contribution < 1.29 is 9.59 Å². The Morgan fingerprint density at radius 1 is 0.474 bits per heavy atom. The highest BCUT2D eigenvalue weighted by Gasteiger charge is 2.16. The molecule has 38 heavy (non-hydrogen) atoms. The van der Waals surface area contributed by atoms with Gasteiger partial charge in [0.05, 0.1) is 0 Å². The zero-order valence-electron chi connectivity index (χ0n) is 25.6. The molecule has 2 amide bonds. The quantitative estimate of drug-likeness (QED) is 0.162. The molecule has 1 aromatic rings. The van der Waals surface area contributed by atoms with Gasteiger partial charge in [0.2, 0.25) is 0 Å². The summed E-state index contributed by atoms with van der Waals surface area (Å²) in [6.45, 7) is 9.77. The van der Waals surface area contributed by atoms with Crippen molar-refractivity contribution in [1.82, 2.24) is 19.6 Å². The first kappa shape index (κ1) is 34.1. The van der Waals surface area contributed by atoms with Crippen molar-refractivity contribution in [2.75, 3.05) is 67.5 Å². The van der Waals surface area contributed by atoms with Gasteiger partial charge in [0.15, 0.2) is 0 Å². The second-order valence-electron chi connectivity index (χ2n) is 11.2. The lowest BCUT2D eigenvalue weighted by Gasteiger charge is -2.23. The lowest BCUT2D eigenvalue weighted by Crippen LogP contribution is -2.35. The molecule has 0 N–H and O–H groups in total. The fourth-order valence-corrected chi connectivity index (χ4v) is 4.59. The molecule has 1 aromatic carbocycles. The summed E-state index contributed by atoms with van der Waals surface area (Å²) in [7, 11) is 7.98. The number of rotatable bonds is 22. The average Bonchev–Trinajstić information content (AvgIpc) is 2.93. The lowest BCUT2D eigenvalue weighted by atomic mass is 10.1. The maximum Gasteiger partial charge on any atom is 0.253 e. The van der Waals surface area contributed by atoms with Gasteiger partial charge in [-0.15, -0.1) is 0 Å². The van der Waals surface area contributed by atoms with E-state index in [4.69, 9.17) is 0 Å². The molecule has 218 valence electrons. The smallest absolute Gasteiger partial charge is 0.253 e. The number of unbranched alkanes of at least 4 members (excludes halogenated alkanes) is 10. The van der Waals surface area contributed by atoms with E-state index < -0.39 is 0 Å². The molecule has 0 spiro atoms. The van der Waals surface area contributed by atoms with Gasteiger partial charge >= 0.3 is 0 Å². The van der Waals surface area contributed by atoms with E-state index in [0.717, 1.165) is 26.2 Å². The van der Waals surface area contributed by atoms with Crippen LogP contribution in [0, 0.1) is 0 Å². The van der Waals surface area contributed by atoms with E-state index in [2.05, 4.69) is 37.7 Å². The maximum atomic E-state index is 12.9. The first-order chi connectivity index (χ1) is 18.3. The van der Waals surface area contributed by atoms with Crippen molar-refractivity contribution in [1.29, 1.82) is 0 Å². The Kier molecular flexibility index (Phi) is 18.8. The average molecular weight is 531 g/mol. The van der Waals surface area contributed by atoms with E-state index in [0.29, 0.717) is 24.2 Å².